The third kappa shape index (κ3) is 4.61. The van der Waals surface area contributed by atoms with E-state index >= 15 is 0 Å². The molecule has 114 valence electrons. The number of hydrogen-bond acceptors (Lipinski definition) is 5. The molecule has 2 nitrogen and oxygen atoms in total. The van der Waals surface area contributed by atoms with Gasteiger partial charge in [-0.25, -0.2) is 0 Å². The van der Waals surface area contributed by atoms with E-state index in [1.165, 1.54) is 4.88 Å². The molecule has 0 aliphatic carbocycles. The second kappa shape index (κ2) is 8.03. The highest BCUT2D eigenvalue weighted by Crippen LogP contribution is 2.32. The van der Waals surface area contributed by atoms with Crippen LogP contribution in [0.2, 0.25) is 0 Å². The molecule has 0 aliphatic heterocycles. The fourth-order valence-electron chi connectivity index (χ4n) is 2.38. The first kappa shape index (κ1) is 16.6. The van der Waals surface area contributed by atoms with E-state index in [4.69, 9.17) is 12.2 Å². The van der Waals surface area contributed by atoms with Gasteiger partial charge >= 0.3 is 0 Å². The van der Waals surface area contributed by atoms with Gasteiger partial charge in [-0.3, -0.25) is 4.90 Å². The number of nitrogens with zero attached hydrogens (tertiary/aromatic N) is 1. The van der Waals surface area contributed by atoms with Crippen molar-refractivity contribution in [1.82, 2.24) is 4.90 Å². The predicted molar refractivity (Wildman–Crippen MR) is 96.0 cm³/mol. The molecule has 2 aromatic rings. The molecule has 0 atom stereocenters. The van der Waals surface area contributed by atoms with Gasteiger partial charge in [0.1, 0.15) is 9.57 Å². The fourth-order valence-corrected chi connectivity index (χ4v) is 4.77. The van der Waals surface area contributed by atoms with Crippen LogP contribution in [0.4, 0.5) is 0 Å². The van der Waals surface area contributed by atoms with E-state index in [1.807, 2.05) is 12.1 Å². The average Bonchev–Trinajstić information content (AvgIpc) is 2.88. The maximum Gasteiger partial charge on any atom is 0.120 e. The second-order valence-electron chi connectivity index (χ2n) is 5.11. The van der Waals surface area contributed by atoms with Crippen molar-refractivity contribution in [2.45, 2.75) is 33.2 Å². The molecule has 0 radical (unpaired) electrons. The summed E-state index contributed by atoms with van der Waals surface area (Å²) in [5.41, 5.74) is 2.15. The lowest BCUT2D eigenvalue weighted by Crippen LogP contribution is -2.24. The minimum absolute atomic E-state index is 0.384. The Morgan fingerprint density at radius 3 is 2.38 bits per heavy atom. The molecule has 1 N–H and O–H groups in total. The lowest BCUT2D eigenvalue weighted by Gasteiger charge is -2.21. The zero-order valence-electron chi connectivity index (χ0n) is 12.5. The maximum atomic E-state index is 10.1. The standard InChI is InChI=1S/C16H21NOS3/c1-3-7-17(8-4-2)11-13-9-12(5-6-14(13)18)15-10-16(19)21-20-15/h5-6,9-10,18H,3-4,7-8,11H2,1-2H3. The normalized spacial score (nSPS) is 11.2. The fraction of sp³-hybridized carbons (Fsp3) is 0.438. The van der Waals surface area contributed by atoms with Crippen LogP contribution in [0.5, 0.6) is 5.75 Å². The molecule has 21 heavy (non-hydrogen) atoms. The summed E-state index contributed by atoms with van der Waals surface area (Å²) in [7, 11) is 3.32. The third-order valence-corrected chi connectivity index (χ3v) is 6.21. The van der Waals surface area contributed by atoms with Crippen molar-refractivity contribution in [3.8, 4) is 16.2 Å². The molecule has 1 heterocycles. The Kier molecular flexibility index (Phi) is 6.36. The molecular formula is C16H21NOS3. The van der Waals surface area contributed by atoms with Crippen LogP contribution in [-0.4, -0.2) is 23.1 Å². The predicted octanol–water partition coefficient (Wildman–Crippen LogP) is 5.53. The highest BCUT2D eigenvalue weighted by Gasteiger charge is 2.10. The van der Waals surface area contributed by atoms with Crippen LogP contribution < -0.4 is 0 Å². The first-order valence-corrected chi connectivity index (χ1v) is 9.84. The molecule has 0 spiro atoms. The summed E-state index contributed by atoms with van der Waals surface area (Å²) in [5.74, 6) is 0.384. The molecule has 0 saturated carbocycles. The van der Waals surface area contributed by atoms with Crippen molar-refractivity contribution in [3.63, 3.8) is 0 Å². The number of phenols is 1. The quantitative estimate of drug-likeness (QED) is 0.529. The highest BCUT2D eigenvalue weighted by atomic mass is 32.9. The van der Waals surface area contributed by atoms with Gasteiger partial charge in [0, 0.05) is 17.0 Å². The number of hydrogen-bond donors (Lipinski definition) is 1. The second-order valence-corrected chi connectivity index (χ2v) is 8.03. The Labute approximate surface area is 139 Å². The Bertz CT molecular complexity index is 626. The van der Waals surface area contributed by atoms with E-state index in [1.54, 1.807) is 26.7 Å². The van der Waals surface area contributed by atoms with Crippen molar-refractivity contribution in [1.29, 1.82) is 0 Å². The molecule has 5 heteroatoms. The van der Waals surface area contributed by atoms with Crippen molar-refractivity contribution in [2.24, 2.45) is 0 Å². The van der Waals surface area contributed by atoms with E-state index in [-0.39, 0.29) is 0 Å². The van der Waals surface area contributed by atoms with Gasteiger partial charge in [-0.15, -0.1) is 0 Å². The average molecular weight is 340 g/mol. The monoisotopic (exact) mass is 339 g/mol. The molecule has 0 bridgehead atoms. The SMILES string of the molecule is CCCN(CCC)Cc1cc(-c2cc(=S)ss2)ccc1O. The zero-order chi connectivity index (χ0) is 15.2. The molecule has 0 fully saturated rings. The summed E-state index contributed by atoms with van der Waals surface area (Å²) in [6, 6.07) is 7.90. The smallest absolute Gasteiger partial charge is 0.120 e. The summed E-state index contributed by atoms with van der Waals surface area (Å²) in [6.45, 7) is 7.31. The summed E-state index contributed by atoms with van der Waals surface area (Å²) in [5, 5.41) is 10.1. The largest absolute Gasteiger partial charge is 0.508 e. The Morgan fingerprint density at radius 1 is 1.10 bits per heavy atom. The minimum atomic E-state index is 0.384. The molecule has 0 saturated heterocycles. The maximum absolute atomic E-state index is 10.1. The number of aromatic hydroxyl groups is 1. The molecule has 1 aromatic carbocycles. The minimum Gasteiger partial charge on any atom is -0.508 e. The van der Waals surface area contributed by atoms with Gasteiger partial charge in [0.15, 0.2) is 0 Å². The Hall–Kier alpha value is -0.750. The zero-order valence-corrected chi connectivity index (χ0v) is 14.9. The summed E-state index contributed by atoms with van der Waals surface area (Å²) in [4.78, 5) is 3.58. The van der Waals surface area contributed by atoms with Gasteiger partial charge in [0.05, 0.1) is 0 Å². The van der Waals surface area contributed by atoms with E-state index in [9.17, 15) is 5.11 Å². The van der Waals surface area contributed by atoms with Crippen molar-refractivity contribution >= 4 is 32.9 Å². The van der Waals surface area contributed by atoms with Crippen LogP contribution in [0.1, 0.15) is 32.3 Å². The topological polar surface area (TPSA) is 23.5 Å². The third-order valence-electron chi connectivity index (χ3n) is 3.30. The first-order valence-electron chi connectivity index (χ1n) is 7.28. The van der Waals surface area contributed by atoms with Crippen LogP contribution in [0.15, 0.2) is 24.3 Å². The molecular weight excluding hydrogens is 318 g/mol. The van der Waals surface area contributed by atoms with Crippen molar-refractivity contribution in [2.75, 3.05) is 13.1 Å². The van der Waals surface area contributed by atoms with Crippen LogP contribution >= 0.6 is 32.9 Å². The molecule has 0 amide bonds. The number of rotatable bonds is 7. The molecule has 0 unspecified atom stereocenters. The van der Waals surface area contributed by atoms with Crippen LogP contribution in [-0.2, 0) is 6.54 Å². The first-order chi connectivity index (χ1) is 10.1. The van der Waals surface area contributed by atoms with Gasteiger partial charge in [0.25, 0.3) is 0 Å². The highest BCUT2D eigenvalue weighted by molar-refractivity contribution is 7.80. The molecule has 0 aliphatic rings. The Morgan fingerprint density at radius 2 is 1.81 bits per heavy atom. The van der Waals surface area contributed by atoms with E-state index in [0.717, 1.165) is 47.4 Å². The van der Waals surface area contributed by atoms with Gasteiger partial charge in [0.2, 0.25) is 0 Å². The van der Waals surface area contributed by atoms with Crippen LogP contribution in [0, 0.1) is 3.82 Å². The summed E-state index contributed by atoms with van der Waals surface area (Å²) < 4.78 is 0.920. The van der Waals surface area contributed by atoms with Gasteiger partial charge < -0.3 is 5.11 Å². The Balaban J connectivity index is 2.24. The van der Waals surface area contributed by atoms with Gasteiger partial charge in [-0.2, -0.15) is 0 Å². The van der Waals surface area contributed by atoms with Crippen LogP contribution in [0.25, 0.3) is 10.4 Å². The molecule has 2 rings (SSSR count). The van der Waals surface area contributed by atoms with Crippen molar-refractivity contribution in [3.05, 3.63) is 33.7 Å². The van der Waals surface area contributed by atoms with E-state index < -0.39 is 0 Å². The number of phenolic OH excluding ortho intramolecular Hbond substituents is 1. The lowest BCUT2D eigenvalue weighted by atomic mass is 10.1. The summed E-state index contributed by atoms with van der Waals surface area (Å²) >= 11 is 5.20. The van der Waals surface area contributed by atoms with E-state index in [2.05, 4.69) is 24.8 Å². The van der Waals surface area contributed by atoms with Gasteiger partial charge in [-0.05, 0) is 55.8 Å². The van der Waals surface area contributed by atoms with Crippen molar-refractivity contribution < 1.29 is 5.11 Å². The lowest BCUT2D eigenvalue weighted by molar-refractivity contribution is 0.263. The molecule has 1 aromatic heterocycles. The van der Waals surface area contributed by atoms with Gasteiger partial charge in [-0.1, -0.05) is 46.7 Å². The summed E-state index contributed by atoms with van der Waals surface area (Å²) in [6.07, 6.45) is 2.26. The number of benzene rings is 1. The van der Waals surface area contributed by atoms with E-state index in [0.29, 0.717) is 5.75 Å². The van der Waals surface area contributed by atoms with Crippen LogP contribution in [0.3, 0.4) is 0 Å².